The van der Waals surface area contributed by atoms with Gasteiger partial charge >= 0.3 is 5.97 Å². The number of aliphatic hydroxyl groups is 1. The number of nitrogens with zero attached hydrogens (tertiary/aromatic N) is 1. The normalized spacial score (nSPS) is 15.7. The van der Waals surface area contributed by atoms with Gasteiger partial charge < -0.3 is 19.3 Å². The van der Waals surface area contributed by atoms with Gasteiger partial charge in [0.1, 0.15) is 11.3 Å². The number of carbonyl (C=O) groups is 1. The quantitative estimate of drug-likeness (QED) is 0.845. The maximum Gasteiger partial charge on any atom is 0.343 e. The molecule has 1 N–H and O–H groups in total. The highest BCUT2D eigenvalue weighted by Crippen LogP contribution is 2.34. The summed E-state index contributed by atoms with van der Waals surface area (Å²) in [7, 11) is 3.08. The van der Waals surface area contributed by atoms with Crippen LogP contribution in [0.4, 0.5) is 0 Å². The number of aliphatic hydroxyl groups excluding tert-OH is 1. The largest absolute Gasteiger partial charge is 0.505 e. The van der Waals surface area contributed by atoms with E-state index in [1.807, 2.05) is 0 Å². The number of carbonyl (C=O) groups excluding carboxylic acids is 1. The van der Waals surface area contributed by atoms with Gasteiger partial charge in [-0.25, -0.2) is 9.79 Å². The third kappa shape index (κ3) is 3.21. The summed E-state index contributed by atoms with van der Waals surface area (Å²) in [5.74, 6) is 0.292. The summed E-state index contributed by atoms with van der Waals surface area (Å²) < 4.78 is 15.5. The second-order valence-electron chi connectivity index (χ2n) is 4.75. The second-order valence-corrected chi connectivity index (χ2v) is 4.75. The molecule has 1 aliphatic heterocycles. The van der Waals surface area contributed by atoms with Crippen LogP contribution in [0.3, 0.4) is 0 Å². The Balaban J connectivity index is 2.48. The molecule has 122 valence electrons. The van der Waals surface area contributed by atoms with Gasteiger partial charge in [0.25, 0.3) is 0 Å². The molecule has 0 aromatic heterocycles. The van der Waals surface area contributed by atoms with E-state index in [0.29, 0.717) is 22.8 Å². The van der Waals surface area contributed by atoms with E-state index in [-0.39, 0.29) is 23.6 Å². The highest BCUT2D eigenvalue weighted by molar-refractivity contribution is 6.22. The molecule has 0 saturated heterocycles. The second kappa shape index (κ2) is 7.00. The van der Waals surface area contributed by atoms with Gasteiger partial charge in [-0.2, -0.15) is 0 Å². The van der Waals surface area contributed by atoms with Crippen molar-refractivity contribution >= 4 is 17.8 Å². The third-order valence-corrected chi connectivity index (χ3v) is 3.33. The van der Waals surface area contributed by atoms with Gasteiger partial charge in [0, 0.05) is 5.56 Å². The Bertz CT molecular complexity index is 716. The zero-order valence-corrected chi connectivity index (χ0v) is 13.5. The monoisotopic (exact) mass is 317 g/mol. The lowest BCUT2D eigenvalue weighted by atomic mass is 10.1. The minimum absolute atomic E-state index is 0.0833. The van der Waals surface area contributed by atoms with Crippen molar-refractivity contribution in [3.63, 3.8) is 0 Å². The van der Waals surface area contributed by atoms with Gasteiger partial charge in [0.05, 0.1) is 26.5 Å². The Hall–Kier alpha value is -2.76. The summed E-state index contributed by atoms with van der Waals surface area (Å²) in [5, 5.41) is 10.3. The van der Waals surface area contributed by atoms with Crippen LogP contribution in [0.5, 0.6) is 11.5 Å². The van der Waals surface area contributed by atoms with E-state index in [4.69, 9.17) is 14.2 Å². The maximum atomic E-state index is 11.9. The summed E-state index contributed by atoms with van der Waals surface area (Å²) in [6.07, 6.45) is 1.63. The summed E-state index contributed by atoms with van der Waals surface area (Å²) in [6.45, 7) is 3.58. The number of hydrogen-bond donors (Lipinski definition) is 1. The number of rotatable bonds is 5. The van der Waals surface area contributed by atoms with Crippen LogP contribution in [-0.2, 0) is 9.53 Å². The molecule has 0 atom stereocenters. The molecule has 2 rings (SSSR count). The van der Waals surface area contributed by atoms with Crippen molar-refractivity contribution in [3.05, 3.63) is 40.8 Å². The number of aliphatic imine (C=N–C) groups is 1. The number of hydrogen-bond acceptors (Lipinski definition) is 6. The predicted molar refractivity (Wildman–Crippen MR) is 86.9 cm³/mol. The molecule has 1 aliphatic rings. The Morgan fingerprint density at radius 1 is 1.30 bits per heavy atom. The zero-order valence-electron chi connectivity index (χ0n) is 13.5. The first-order valence-electron chi connectivity index (χ1n) is 7.12. The van der Waals surface area contributed by atoms with Crippen molar-refractivity contribution in [2.24, 2.45) is 4.99 Å². The summed E-state index contributed by atoms with van der Waals surface area (Å²) >= 11 is 0. The van der Waals surface area contributed by atoms with Crippen molar-refractivity contribution in [1.82, 2.24) is 0 Å². The van der Waals surface area contributed by atoms with Crippen molar-refractivity contribution in [2.75, 3.05) is 20.8 Å². The Morgan fingerprint density at radius 2 is 2.04 bits per heavy atom. The van der Waals surface area contributed by atoms with E-state index in [2.05, 4.69) is 4.99 Å². The van der Waals surface area contributed by atoms with Crippen LogP contribution < -0.4 is 9.47 Å². The Kier molecular flexibility index (Phi) is 5.05. The molecule has 1 aromatic carbocycles. The standard InChI is InChI=1S/C17H19NO5/c1-5-23-17(20)14-10(2)18-12(15(14)19)9-11-7-6-8-13(21-3)16(11)22-4/h6-9,19H,5H2,1-4H3. The van der Waals surface area contributed by atoms with E-state index in [9.17, 15) is 9.90 Å². The maximum absolute atomic E-state index is 11.9. The SMILES string of the molecule is CCOC(=O)C1=C(O)C(=Cc2cccc(OC)c2OC)N=C1C. The molecular weight excluding hydrogens is 298 g/mol. The number of esters is 1. The van der Waals surface area contributed by atoms with E-state index in [0.717, 1.165) is 0 Å². The topological polar surface area (TPSA) is 77.4 Å². The average Bonchev–Trinajstić information content (AvgIpc) is 2.81. The molecule has 0 bridgehead atoms. The van der Waals surface area contributed by atoms with E-state index < -0.39 is 5.97 Å². The first-order chi connectivity index (χ1) is 11.0. The number of benzene rings is 1. The number of para-hydroxylation sites is 1. The predicted octanol–water partition coefficient (Wildman–Crippen LogP) is 2.89. The molecule has 6 heteroatoms. The molecule has 1 aromatic rings. The molecule has 0 spiro atoms. The lowest BCUT2D eigenvalue weighted by molar-refractivity contribution is -0.138. The molecular formula is C17H19NO5. The third-order valence-electron chi connectivity index (χ3n) is 3.33. The fourth-order valence-electron chi connectivity index (χ4n) is 2.31. The van der Waals surface area contributed by atoms with Crippen LogP contribution in [0, 0.1) is 0 Å². The first kappa shape index (κ1) is 16.6. The van der Waals surface area contributed by atoms with Gasteiger partial charge in [0.15, 0.2) is 17.3 Å². The van der Waals surface area contributed by atoms with Crippen LogP contribution >= 0.6 is 0 Å². The molecule has 0 saturated carbocycles. The van der Waals surface area contributed by atoms with E-state index in [1.54, 1.807) is 45.2 Å². The Morgan fingerprint density at radius 3 is 2.65 bits per heavy atom. The van der Waals surface area contributed by atoms with Crippen molar-refractivity contribution in [3.8, 4) is 11.5 Å². The smallest absolute Gasteiger partial charge is 0.343 e. The van der Waals surface area contributed by atoms with Crippen LogP contribution in [0.15, 0.2) is 40.2 Å². The van der Waals surface area contributed by atoms with Crippen LogP contribution in [0.25, 0.3) is 6.08 Å². The fourth-order valence-corrected chi connectivity index (χ4v) is 2.31. The van der Waals surface area contributed by atoms with Gasteiger partial charge in [-0.15, -0.1) is 0 Å². The first-order valence-corrected chi connectivity index (χ1v) is 7.12. The zero-order chi connectivity index (χ0) is 17.0. The summed E-state index contributed by atoms with van der Waals surface area (Å²) in [6, 6.07) is 5.37. The lowest BCUT2D eigenvalue weighted by Gasteiger charge is -2.10. The molecule has 0 radical (unpaired) electrons. The Labute approximate surface area is 134 Å². The molecule has 23 heavy (non-hydrogen) atoms. The van der Waals surface area contributed by atoms with Gasteiger partial charge in [-0.1, -0.05) is 12.1 Å². The van der Waals surface area contributed by atoms with Crippen LogP contribution in [0.2, 0.25) is 0 Å². The minimum atomic E-state index is -0.591. The number of methoxy groups -OCH3 is 2. The van der Waals surface area contributed by atoms with E-state index >= 15 is 0 Å². The van der Waals surface area contributed by atoms with Gasteiger partial charge in [-0.3, -0.25) is 0 Å². The summed E-state index contributed by atoms with van der Waals surface area (Å²) in [5.41, 5.74) is 1.45. The molecule has 0 fully saturated rings. The minimum Gasteiger partial charge on any atom is -0.505 e. The highest BCUT2D eigenvalue weighted by atomic mass is 16.5. The molecule has 6 nitrogen and oxygen atoms in total. The molecule has 0 aliphatic carbocycles. The summed E-state index contributed by atoms with van der Waals surface area (Å²) in [4.78, 5) is 16.1. The molecule has 0 amide bonds. The van der Waals surface area contributed by atoms with Gasteiger partial charge in [-0.05, 0) is 26.0 Å². The van der Waals surface area contributed by atoms with E-state index in [1.165, 1.54) is 7.11 Å². The fraction of sp³-hybridized carbons (Fsp3) is 0.294. The molecule has 0 unspecified atom stereocenters. The average molecular weight is 317 g/mol. The van der Waals surface area contributed by atoms with Crippen molar-refractivity contribution < 1.29 is 24.1 Å². The van der Waals surface area contributed by atoms with Crippen molar-refractivity contribution in [2.45, 2.75) is 13.8 Å². The number of ether oxygens (including phenoxy) is 3. The molecule has 1 heterocycles. The van der Waals surface area contributed by atoms with Gasteiger partial charge in [0.2, 0.25) is 0 Å². The van der Waals surface area contributed by atoms with Crippen molar-refractivity contribution in [1.29, 1.82) is 0 Å². The van der Waals surface area contributed by atoms with Crippen LogP contribution in [-0.4, -0.2) is 37.6 Å². The highest BCUT2D eigenvalue weighted by Gasteiger charge is 2.27. The lowest BCUT2D eigenvalue weighted by Crippen LogP contribution is -2.13. The van der Waals surface area contributed by atoms with Crippen LogP contribution in [0.1, 0.15) is 19.4 Å².